The van der Waals surface area contributed by atoms with Crippen molar-refractivity contribution in [1.29, 1.82) is 0 Å². The van der Waals surface area contributed by atoms with E-state index in [1.807, 2.05) is 56.6 Å². The first kappa shape index (κ1) is 21.9. The number of hydrogen-bond donors (Lipinski definition) is 2. The van der Waals surface area contributed by atoms with Crippen molar-refractivity contribution in [2.45, 2.75) is 65.6 Å². The molecule has 7 nitrogen and oxygen atoms in total. The fourth-order valence-electron chi connectivity index (χ4n) is 3.72. The molecule has 1 atom stereocenters. The summed E-state index contributed by atoms with van der Waals surface area (Å²) in [6.45, 7) is 9.17. The van der Waals surface area contributed by atoms with Crippen LogP contribution in [0, 0.1) is 5.92 Å². The van der Waals surface area contributed by atoms with Gasteiger partial charge in [0.15, 0.2) is 0 Å². The summed E-state index contributed by atoms with van der Waals surface area (Å²) in [5.41, 5.74) is 2.48. The molecule has 2 heterocycles. The van der Waals surface area contributed by atoms with E-state index in [0.29, 0.717) is 12.1 Å². The summed E-state index contributed by atoms with van der Waals surface area (Å²) in [4.78, 5) is 25.0. The van der Waals surface area contributed by atoms with Crippen molar-refractivity contribution in [3.63, 3.8) is 0 Å². The second-order valence-electron chi connectivity index (χ2n) is 8.47. The molecule has 0 saturated carbocycles. The topological polar surface area (TPSA) is 85.3 Å². The third kappa shape index (κ3) is 5.62. The smallest absolute Gasteiger partial charge is 0.254 e. The number of fused-ring (bicyclic) bond motifs is 1. The number of aryl methyl sites for hydroxylation is 1. The fourth-order valence-corrected chi connectivity index (χ4v) is 3.72. The maximum atomic E-state index is 12.5. The lowest BCUT2D eigenvalue weighted by Gasteiger charge is -2.24. The van der Waals surface area contributed by atoms with Gasteiger partial charge in [-0.3, -0.25) is 14.3 Å². The molecule has 0 radical (unpaired) electrons. The quantitative estimate of drug-likeness (QED) is 0.698. The molecule has 1 unspecified atom stereocenters. The van der Waals surface area contributed by atoms with E-state index in [9.17, 15) is 9.59 Å². The van der Waals surface area contributed by atoms with Gasteiger partial charge in [0, 0.05) is 24.7 Å². The molecule has 162 valence electrons. The number of para-hydroxylation sites is 1. The highest BCUT2D eigenvalue weighted by molar-refractivity contribution is 5.95. The Hall–Kier alpha value is -2.83. The van der Waals surface area contributed by atoms with Gasteiger partial charge in [-0.15, -0.1) is 0 Å². The van der Waals surface area contributed by atoms with Gasteiger partial charge < -0.3 is 15.4 Å². The Labute approximate surface area is 178 Å². The standard InChI is InChI=1S/C23H32N4O3/c1-15(2)26-23(29)19-14-25-27-10-9-17(11-20(19)27)13-24-22(28)12-18-7-5-6-8-21(18)30-16(3)4/h5-8,14-17H,9-13H2,1-4H3,(H,24,28)(H,26,29). The molecule has 3 rings (SSSR count). The predicted octanol–water partition coefficient (Wildman–Crippen LogP) is 2.73. The van der Waals surface area contributed by atoms with Crippen LogP contribution in [0.15, 0.2) is 30.5 Å². The Bertz CT molecular complexity index is 888. The predicted molar refractivity (Wildman–Crippen MR) is 116 cm³/mol. The van der Waals surface area contributed by atoms with Gasteiger partial charge in [0.1, 0.15) is 5.75 Å². The molecule has 0 aliphatic carbocycles. The average molecular weight is 413 g/mol. The molecular weight excluding hydrogens is 380 g/mol. The molecule has 0 saturated heterocycles. The zero-order chi connectivity index (χ0) is 21.7. The summed E-state index contributed by atoms with van der Waals surface area (Å²) in [5.74, 6) is 0.931. The fraction of sp³-hybridized carbons (Fsp3) is 0.522. The lowest BCUT2D eigenvalue weighted by Crippen LogP contribution is -2.35. The molecule has 1 aliphatic rings. The van der Waals surface area contributed by atoms with Gasteiger partial charge in [0.2, 0.25) is 5.91 Å². The van der Waals surface area contributed by atoms with Crippen LogP contribution in [0.5, 0.6) is 5.75 Å². The number of nitrogens with one attached hydrogen (secondary N) is 2. The third-order valence-corrected chi connectivity index (χ3v) is 5.12. The van der Waals surface area contributed by atoms with Crippen LogP contribution in [0.1, 0.15) is 55.7 Å². The average Bonchev–Trinajstić information content (AvgIpc) is 3.10. The first-order valence-electron chi connectivity index (χ1n) is 10.7. The minimum absolute atomic E-state index is 0.0216. The van der Waals surface area contributed by atoms with E-state index >= 15 is 0 Å². The molecule has 1 aliphatic heterocycles. The maximum absolute atomic E-state index is 12.5. The lowest BCUT2D eigenvalue weighted by molar-refractivity contribution is -0.120. The Morgan fingerprint density at radius 3 is 2.73 bits per heavy atom. The SMILES string of the molecule is CC(C)NC(=O)c1cnn2c1CC(CNC(=O)Cc1ccccc1OC(C)C)CC2. The van der Waals surface area contributed by atoms with Gasteiger partial charge >= 0.3 is 0 Å². The second-order valence-corrected chi connectivity index (χ2v) is 8.47. The number of hydrogen-bond acceptors (Lipinski definition) is 4. The molecule has 1 aromatic carbocycles. The lowest BCUT2D eigenvalue weighted by atomic mass is 9.94. The Kier molecular flexibility index (Phi) is 7.13. The maximum Gasteiger partial charge on any atom is 0.254 e. The molecule has 2 amide bonds. The van der Waals surface area contributed by atoms with Crippen molar-refractivity contribution in [2.24, 2.45) is 5.92 Å². The number of carbonyl (C=O) groups excluding carboxylic acids is 2. The van der Waals surface area contributed by atoms with Crippen molar-refractivity contribution < 1.29 is 14.3 Å². The van der Waals surface area contributed by atoms with Crippen LogP contribution in [0.3, 0.4) is 0 Å². The van der Waals surface area contributed by atoms with Crippen molar-refractivity contribution in [1.82, 2.24) is 20.4 Å². The molecule has 0 spiro atoms. The van der Waals surface area contributed by atoms with E-state index in [2.05, 4.69) is 15.7 Å². The molecule has 1 aromatic heterocycles. The summed E-state index contributed by atoms with van der Waals surface area (Å²) in [5, 5.41) is 10.4. The van der Waals surface area contributed by atoms with Crippen LogP contribution in [-0.2, 0) is 24.2 Å². The van der Waals surface area contributed by atoms with E-state index < -0.39 is 0 Å². The second kappa shape index (κ2) is 9.78. The van der Waals surface area contributed by atoms with E-state index in [-0.39, 0.29) is 36.3 Å². The summed E-state index contributed by atoms with van der Waals surface area (Å²) in [6.07, 6.45) is 3.65. The highest BCUT2D eigenvalue weighted by Gasteiger charge is 2.25. The van der Waals surface area contributed by atoms with Gasteiger partial charge in [-0.2, -0.15) is 5.10 Å². The van der Waals surface area contributed by atoms with E-state index in [1.165, 1.54) is 0 Å². The van der Waals surface area contributed by atoms with E-state index in [0.717, 1.165) is 36.4 Å². The van der Waals surface area contributed by atoms with Gasteiger partial charge in [-0.25, -0.2) is 0 Å². The Balaban J connectivity index is 1.56. The molecule has 0 bridgehead atoms. The summed E-state index contributed by atoms with van der Waals surface area (Å²) in [7, 11) is 0. The Morgan fingerprint density at radius 1 is 1.23 bits per heavy atom. The monoisotopic (exact) mass is 412 g/mol. The normalized spacial score (nSPS) is 15.7. The number of carbonyl (C=O) groups is 2. The first-order valence-corrected chi connectivity index (χ1v) is 10.7. The van der Waals surface area contributed by atoms with Crippen molar-refractivity contribution in [2.75, 3.05) is 6.54 Å². The van der Waals surface area contributed by atoms with Crippen LogP contribution in [0.4, 0.5) is 0 Å². The summed E-state index contributed by atoms with van der Waals surface area (Å²) < 4.78 is 7.72. The molecule has 2 aromatic rings. The first-order chi connectivity index (χ1) is 14.3. The summed E-state index contributed by atoms with van der Waals surface area (Å²) >= 11 is 0. The number of ether oxygens (including phenoxy) is 1. The zero-order valence-corrected chi connectivity index (χ0v) is 18.3. The highest BCUT2D eigenvalue weighted by atomic mass is 16.5. The molecule has 2 N–H and O–H groups in total. The molecule has 7 heteroatoms. The van der Waals surface area contributed by atoms with Crippen molar-refractivity contribution in [3.8, 4) is 5.75 Å². The van der Waals surface area contributed by atoms with Gasteiger partial charge in [-0.05, 0) is 52.5 Å². The van der Waals surface area contributed by atoms with Crippen LogP contribution in [0.25, 0.3) is 0 Å². The summed E-state index contributed by atoms with van der Waals surface area (Å²) in [6, 6.07) is 7.73. The molecule has 0 fully saturated rings. The minimum Gasteiger partial charge on any atom is -0.491 e. The van der Waals surface area contributed by atoms with E-state index in [4.69, 9.17) is 4.74 Å². The molecule has 30 heavy (non-hydrogen) atoms. The van der Waals surface area contributed by atoms with Crippen LogP contribution < -0.4 is 15.4 Å². The number of rotatable bonds is 8. The van der Waals surface area contributed by atoms with Crippen molar-refractivity contribution >= 4 is 11.8 Å². The molecular formula is C23H32N4O3. The zero-order valence-electron chi connectivity index (χ0n) is 18.3. The largest absolute Gasteiger partial charge is 0.491 e. The van der Waals surface area contributed by atoms with Gasteiger partial charge in [-0.1, -0.05) is 18.2 Å². The minimum atomic E-state index is -0.0855. The van der Waals surface area contributed by atoms with Gasteiger partial charge in [0.05, 0.1) is 30.0 Å². The number of amides is 2. The van der Waals surface area contributed by atoms with Crippen molar-refractivity contribution in [3.05, 3.63) is 47.3 Å². The number of nitrogens with zero attached hydrogens (tertiary/aromatic N) is 2. The van der Waals surface area contributed by atoms with Crippen LogP contribution in [-0.4, -0.2) is 40.3 Å². The third-order valence-electron chi connectivity index (χ3n) is 5.12. The van der Waals surface area contributed by atoms with Crippen LogP contribution >= 0.6 is 0 Å². The van der Waals surface area contributed by atoms with Gasteiger partial charge in [0.25, 0.3) is 5.91 Å². The van der Waals surface area contributed by atoms with E-state index in [1.54, 1.807) is 6.20 Å². The highest BCUT2D eigenvalue weighted by Crippen LogP contribution is 2.23. The van der Waals surface area contributed by atoms with Crippen LogP contribution in [0.2, 0.25) is 0 Å². The number of benzene rings is 1. The Morgan fingerprint density at radius 2 is 2.00 bits per heavy atom. The number of aromatic nitrogens is 2.